The third-order valence-electron chi connectivity index (χ3n) is 3.96. The number of ether oxygens (including phenoxy) is 1. The van der Waals surface area contributed by atoms with Crippen molar-refractivity contribution in [2.75, 3.05) is 20.2 Å². The molecule has 1 aliphatic rings. The highest BCUT2D eigenvalue weighted by molar-refractivity contribution is 6.00. The zero-order chi connectivity index (χ0) is 14.9. The Kier molecular flexibility index (Phi) is 3.07. The average Bonchev–Trinajstić information content (AvgIpc) is 3.21. The second-order valence-electron chi connectivity index (χ2n) is 5.28. The number of nitrogens with zero attached hydrogens (tertiary/aromatic N) is 2. The molecule has 0 spiro atoms. The normalized spacial score (nSPS) is 14.0. The number of rotatable bonds is 2. The van der Waals surface area contributed by atoms with Crippen LogP contribution >= 0.6 is 0 Å². The molecule has 4 heteroatoms. The fourth-order valence-electron chi connectivity index (χ4n) is 2.89. The summed E-state index contributed by atoms with van der Waals surface area (Å²) in [5.41, 5.74) is 3.45. The van der Waals surface area contributed by atoms with Gasteiger partial charge in [-0.15, -0.1) is 0 Å². The van der Waals surface area contributed by atoms with Crippen molar-refractivity contribution in [3.63, 3.8) is 0 Å². The molecule has 1 aliphatic heterocycles. The van der Waals surface area contributed by atoms with Crippen molar-refractivity contribution in [2.45, 2.75) is 0 Å². The summed E-state index contributed by atoms with van der Waals surface area (Å²) in [5, 5.41) is 4.58. The van der Waals surface area contributed by atoms with Crippen molar-refractivity contribution in [3.05, 3.63) is 54.6 Å². The third kappa shape index (κ3) is 2.04. The lowest BCUT2D eigenvalue weighted by atomic mass is 10.1. The second-order valence-corrected chi connectivity index (χ2v) is 5.28. The van der Waals surface area contributed by atoms with E-state index in [-0.39, 0.29) is 0 Å². The molecule has 110 valence electrons. The maximum atomic E-state index is 5.25. The molecule has 0 amide bonds. The highest BCUT2D eigenvalue weighted by Crippen LogP contribution is 2.29. The number of methoxy groups -OCH3 is 1. The van der Waals surface area contributed by atoms with Crippen molar-refractivity contribution in [1.82, 2.24) is 9.88 Å². The largest absolute Gasteiger partial charge is 0.497 e. The van der Waals surface area contributed by atoms with Crippen LogP contribution in [0.15, 0.2) is 59.6 Å². The summed E-state index contributed by atoms with van der Waals surface area (Å²) in [5.74, 6) is 1.79. The summed E-state index contributed by atoms with van der Waals surface area (Å²) in [6, 6.07) is 18.7. The van der Waals surface area contributed by atoms with Crippen molar-refractivity contribution in [1.29, 1.82) is 0 Å². The molecule has 0 atom stereocenters. The Bertz CT molecular complexity index is 846. The van der Waals surface area contributed by atoms with E-state index in [1.807, 2.05) is 12.1 Å². The Hall–Kier alpha value is -2.75. The van der Waals surface area contributed by atoms with E-state index >= 15 is 0 Å². The van der Waals surface area contributed by atoms with Gasteiger partial charge in [-0.25, -0.2) is 0 Å². The van der Waals surface area contributed by atoms with Gasteiger partial charge in [-0.2, -0.15) is 0 Å². The molecule has 0 radical (unpaired) electrons. The molecule has 2 heterocycles. The first kappa shape index (κ1) is 13.0. The molecular weight excluding hydrogens is 274 g/mol. The van der Waals surface area contributed by atoms with Gasteiger partial charge in [0.1, 0.15) is 5.75 Å². The Morgan fingerprint density at radius 3 is 2.64 bits per heavy atom. The first-order chi connectivity index (χ1) is 10.9. The Morgan fingerprint density at radius 1 is 1.09 bits per heavy atom. The van der Waals surface area contributed by atoms with E-state index in [1.54, 1.807) is 7.11 Å². The lowest BCUT2D eigenvalue weighted by Gasteiger charge is -2.11. The fourth-order valence-corrected chi connectivity index (χ4v) is 2.89. The van der Waals surface area contributed by atoms with Crippen LogP contribution in [0.4, 0.5) is 0 Å². The smallest absolute Gasteiger partial charge is 0.203 e. The van der Waals surface area contributed by atoms with Gasteiger partial charge in [0.2, 0.25) is 5.96 Å². The van der Waals surface area contributed by atoms with Crippen LogP contribution in [-0.2, 0) is 0 Å². The molecule has 0 fully saturated rings. The molecule has 4 rings (SSSR count). The molecule has 22 heavy (non-hydrogen) atoms. The third-order valence-corrected chi connectivity index (χ3v) is 3.96. The van der Waals surface area contributed by atoms with Crippen LogP contribution in [0.1, 0.15) is 0 Å². The summed E-state index contributed by atoms with van der Waals surface area (Å²) < 4.78 is 7.45. The van der Waals surface area contributed by atoms with Gasteiger partial charge in [0.25, 0.3) is 0 Å². The molecule has 0 saturated heterocycles. The second kappa shape index (κ2) is 5.22. The Morgan fingerprint density at radius 2 is 1.91 bits per heavy atom. The molecule has 1 N–H and O–H groups in total. The maximum absolute atomic E-state index is 5.25. The first-order valence-electron chi connectivity index (χ1n) is 7.40. The summed E-state index contributed by atoms with van der Waals surface area (Å²) in [7, 11) is 1.68. The number of benzene rings is 2. The topological polar surface area (TPSA) is 38.5 Å². The van der Waals surface area contributed by atoms with Crippen molar-refractivity contribution in [2.24, 2.45) is 4.99 Å². The number of aromatic nitrogens is 1. The van der Waals surface area contributed by atoms with Crippen LogP contribution in [0.5, 0.6) is 5.75 Å². The first-order valence-corrected chi connectivity index (χ1v) is 7.40. The molecule has 0 aliphatic carbocycles. The summed E-state index contributed by atoms with van der Waals surface area (Å²) in [4.78, 5) is 4.59. The van der Waals surface area contributed by atoms with Gasteiger partial charge in [-0.05, 0) is 42.0 Å². The predicted molar refractivity (Wildman–Crippen MR) is 89.6 cm³/mol. The van der Waals surface area contributed by atoms with Crippen LogP contribution < -0.4 is 10.1 Å². The minimum atomic E-state index is 0.823. The molecule has 2 aromatic carbocycles. The van der Waals surface area contributed by atoms with E-state index in [0.717, 1.165) is 36.1 Å². The molecular formula is C18H17N3O. The minimum absolute atomic E-state index is 0.823. The summed E-state index contributed by atoms with van der Waals surface area (Å²) in [6.07, 6.45) is 0. The highest BCUT2D eigenvalue weighted by atomic mass is 16.5. The molecule has 1 aromatic heterocycles. The van der Waals surface area contributed by atoms with Crippen molar-refractivity contribution in [3.8, 4) is 17.0 Å². The molecule has 3 aromatic rings. The fraction of sp³-hybridized carbons (Fsp3) is 0.167. The maximum Gasteiger partial charge on any atom is 0.203 e. The van der Waals surface area contributed by atoms with Crippen molar-refractivity contribution < 1.29 is 4.74 Å². The zero-order valence-corrected chi connectivity index (χ0v) is 12.4. The van der Waals surface area contributed by atoms with Gasteiger partial charge < -0.3 is 10.1 Å². The summed E-state index contributed by atoms with van der Waals surface area (Å²) in [6.45, 7) is 1.72. The molecule has 0 unspecified atom stereocenters. The van der Waals surface area contributed by atoms with Crippen LogP contribution in [0.25, 0.3) is 22.2 Å². The average molecular weight is 291 g/mol. The van der Waals surface area contributed by atoms with E-state index in [1.165, 1.54) is 10.9 Å². The number of hydrogen-bond acceptors (Lipinski definition) is 3. The van der Waals surface area contributed by atoms with Crippen LogP contribution in [0, 0.1) is 0 Å². The van der Waals surface area contributed by atoms with Gasteiger partial charge in [0, 0.05) is 11.9 Å². The van der Waals surface area contributed by atoms with Crippen molar-refractivity contribution >= 4 is 16.9 Å². The van der Waals surface area contributed by atoms with Gasteiger partial charge in [0.15, 0.2) is 0 Å². The molecule has 0 bridgehead atoms. The monoisotopic (exact) mass is 291 g/mol. The highest BCUT2D eigenvalue weighted by Gasteiger charge is 2.16. The number of para-hydroxylation sites is 1. The standard InChI is InChI=1S/C18H17N3O/c1-22-15-8-6-13(7-9-15)17-12-14-4-2-3-5-16(14)21(17)18-19-10-11-20-18/h2-9,12H,10-11H2,1H3,(H,19,20). The lowest BCUT2D eigenvalue weighted by molar-refractivity contribution is 0.415. The van der Waals surface area contributed by atoms with Crippen LogP contribution in [0.3, 0.4) is 0 Å². The van der Waals surface area contributed by atoms with Crippen LogP contribution in [0.2, 0.25) is 0 Å². The van der Waals surface area contributed by atoms with E-state index in [9.17, 15) is 0 Å². The van der Waals surface area contributed by atoms with Gasteiger partial charge in [-0.1, -0.05) is 18.2 Å². The molecule has 0 saturated carbocycles. The number of fused-ring (bicyclic) bond motifs is 1. The van der Waals surface area contributed by atoms with E-state index in [4.69, 9.17) is 4.74 Å². The Labute approximate surface area is 129 Å². The molecule has 4 nitrogen and oxygen atoms in total. The van der Waals surface area contributed by atoms with Gasteiger partial charge >= 0.3 is 0 Å². The summed E-state index contributed by atoms with van der Waals surface area (Å²) >= 11 is 0. The van der Waals surface area contributed by atoms with Gasteiger partial charge in [0.05, 0.1) is 24.9 Å². The lowest BCUT2D eigenvalue weighted by Crippen LogP contribution is -2.26. The quantitative estimate of drug-likeness (QED) is 0.788. The minimum Gasteiger partial charge on any atom is -0.497 e. The van der Waals surface area contributed by atoms with E-state index < -0.39 is 0 Å². The predicted octanol–water partition coefficient (Wildman–Crippen LogP) is 3.12. The zero-order valence-electron chi connectivity index (χ0n) is 12.4. The SMILES string of the molecule is COc1ccc(-c2cc3ccccc3n2C2=NCCN2)cc1. The van der Waals surface area contributed by atoms with Crippen LogP contribution in [-0.4, -0.2) is 30.7 Å². The number of hydrogen-bond donors (Lipinski definition) is 1. The van der Waals surface area contributed by atoms with E-state index in [0.29, 0.717) is 0 Å². The van der Waals surface area contributed by atoms with Gasteiger partial charge in [-0.3, -0.25) is 9.56 Å². The van der Waals surface area contributed by atoms with E-state index in [2.05, 4.69) is 57.3 Å². The number of nitrogens with one attached hydrogen (secondary N) is 1. The Balaban J connectivity index is 1.93. The number of aliphatic imine (C=N–C) groups is 1.